The molecule has 9 heteroatoms. The number of rotatable bonds is 15. The minimum Gasteiger partial charge on any atom is -0.494 e. The Morgan fingerprint density at radius 2 is 1.86 bits per heavy atom. The molecular weight excluding hydrogens is 534 g/mol. The second-order valence-corrected chi connectivity index (χ2v) is 11.9. The number of nitrogens with zero attached hydrogens (tertiary/aromatic N) is 3. The molecule has 0 radical (unpaired) electrons. The van der Waals surface area contributed by atoms with Gasteiger partial charge in [-0.3, -0.25) is 14.4 Å². The third-order valence-electron chi connectivity index (χ3n) is 9.22. The summed E-state index contributed by atoms with van der Waals surface area (Å²) >= 11 is 0. The molecule has 1 N–H and O–H groups in total. The van der Waals surface area contributed by atoms with Crippen LogP contribution in [-0.4, -0.2) is 88.8 Å². The lowest BCUT2D eigenvalue weighted by Gasteiger charge is -2.39. The molecule has 1 aromatic rings. The van der Waals surface area contributed by atoms with Gasteiger partial charge in [0.1, 0.15) is 17.4 Å². The SMILES string of the molecule is C=CCN(C(=O)[C@H]1[C@H]2C(=O)N(CCCO)C(C(=O)N(CC=C)C(C)CCC)C23CC[C@]1(C)O3)c1ccc(OCC)cc1. The summed E-state index contributed by atoms with van der Waals surface area (Å²) in [4.78, 5) is 48.3. The van der Waals surface area contributed by atoms with Gasteiger partial charge < -0.3 is 29.3 Å². The minimum absolute atomic E-state index is 0.0555. The summed E-state index contributed by atoms with van der Waals surface area (Å²) in [6.07, 6.45) is 6.48. The molecule has 0 aliphatic carbocycles. The molecule has 0 saturated carbocycles. The van der Waals surface area contributed by atoms with Crippen LogP contribution in [0.15, 0.2) is 49.6 Å². The van der Waals surface area contributed by atoms with Gasteiger partial charge in [0.15, 0.2) is 0 Å². The van der Waals surface area contributed by atoms with Crippen LogP contribution in [0.3, 0.4) is 0 Å². The van der Waals surface area contributed by atoms with Crippen molar-refractivity contribution in [1.82, 2.24) is 9.80 Å². The predicted molar refractivity (Wildman–Crippen MR) is 162 cm³/mol. The van der Waals surface area contributed by atoms with E-state index in [0.29, 0.717) is 43.9 Å². The molecule has 3 aliphatic rings. The zero-order chi connectivity index (χ0) is 30.7. The Labute approximate surface area is 250 Å². The maximum absolute atomic E-state index is 14.5. The van der Waals surface area contributed by atoms with Gasteiger partial charge in [-0.05, 0) is 70.7 Å². The van der Waals surface area contributed by atoms with Crippen LogP contribution in [0.25, 0.3) is 0 Å². The van der Waals surface area contributed by atoms with Crippen molar-refractivity contribution in [2.45, 2.75) is 83.1 Å². The Morgan fingerprint density at radius 1 is 1.17 bits per heavy atom. The summed E-state index contributed by atoms with van der Waals surface area (Å²) in [5.41, 5.74) is -1.35. The van der Waals surface area contributed by atoms with Crippen molar-refractivity contribution < 1.29 is 29.0 Å². The average Bonchev–Trinajstić information content (AvgIpc) is 3.54. The van der Waals surface area contributed by atoms with Crippen LogP contribution in [0.5, 0.6) is 5.75 Å². The highest BCUT2D eigenvalue weighted by Crippen LogP contribution is 2.63. The zero-order valence-electron chi connectivity index (χ0n) is 25.6. The second kappa shape index (κ2) is 13.0. The number of aliphatic hydroxyl groups excluding tert-OH is 1. The van der Waals surface area contributed by atoms with Crippen molar-refractivity contribution in [3.05, 3.63) is 49.6 Å². The van der Waals surface area contributed by atoms with E-state index >= 15 is 0 Å². The van der Waals surface area contributed by atoms with E-state index in [2.05, 4.69) is 20.1 Å². The van der Waals surface area contributed by atoms with E-state index < -0.39 is 29.1 Å². The topological polar surface area (TPSA) is 99.6 Å². The number of hydrogen-bond donors (Lipinski definition) is 1. The fourth-order valence-corrected chi connectivity index (χ4v) is 7.43. The molecule has 3 heterocycles. The van der Waals surface area contributed by atoms with Crippen LogP contribution in [0.4, 0.5) is 5.69 Å². The van der Waals surface area contributed by atoms with Gasteiger partial charge in [-0.25, -0.2) is 0 Å². The molecular formula is C33H47N3O6. The van der Waals surface area contributed by atoms with Crippen molar-refractivity contribution >= 4 is 23.4 Å². The molecule has 0 aromatic heterocycles. The standard InChI is InChI=1S/C33H47N3O6/c1-7-12-23(5)34(19-8-2)31(40)28-33-18-17-32(6,42-33)26(27(33)30(39)36(28)21-11-22-37)29(38)35(20-9-3)24-13-15-25(16-14-24)41-10-4/h8-9,13-16,23,26-28,37H,2-3,7,10-12,17-22H2,1,4-6H3/t23?,26-,27+,28?,32+,33?/m1/s1. The van der Waals surface area contributed by atoms with Crippen LogP contribution < -0.4 is 9.64 Å². The molecule has 3 saturated heterocycles. The number of aliphatic hydroxyl groups is 1. The van der Waals surface area contributed by atoms with Gasteiger partial charge in [0.05, 0.1) is 24.0 Å². The lowest BCUT2D eigenvalue weighted by atomic mass is 9.66. The maximum atomic E-state index is 14.5. The average molecular weight is 582 g/mol. The van der Waals surface area contributed by atoms with Crippen LogP contribution in [0.1, 0.15) is 59.8 Å². The van der Waals surface area contributed by atoms with Crippen LogP contribution in [0, 0.1) is 11.8 Å². The number of likely N-dealkylation sites (tertiary alicyclic amines) is 1. The molecule has 1 aromatic carbocycles. The highest BCUT2D eigenvalue weighted by molar-refractivity contribution is 6.03. The van der Waals surface area contributed by atoms with Crippen molar-refractivity contribution in [2.24, 2.45) is 11.8 Å². The fraction of sp³-hybridized carbons (Fsp3) is 0.606. The number of hydrogen-bond acceptors (Lipinski definition) is 6. The summed E-state index contributed by atoms with van der Waals surface area (Å²) in [6, 6.07) is 6.37. The van der Waals surface area contributed by atoms with E-state index in [1.165, 1.54) is 0 Å². The van der Waals surface area contributed by atoms with E-state index in [-0.39, 0.29) is 43.5 Å². The Bertz CT molecular complexity index is 1170. The van der Waals surface area contributed by atoms with E-state index in [4.69, 9.17) is 9.47 Å². The number of ether oxygens (including phenoxy) is 2. The first-order valence-electron chi connectivity index (χ1n) is 15.3. The summed E-state index contributed by atoms with van der Waals surface area (Å²) < 4.78 is 12.4. The number of benzene rings is 1. The summed E-state index contributed by atoms with van der Waals surface area (Å²) in [7, 11) is 0. The van der Waals surface area contributed by atoms with E-state index in [1.54, 1.807) is 26.9 Å². The van der Waals surface area contributed by atoms with E-state index in [0.717, 1.165) is 12.8 Å². The van der Waals surface area contributed by atoms with Gasteiger partial charge in [0.25, 0.3) is 0 Å². The Balaban J connectivity index is 1.76. The third kappa shape index (κ3) is 5.37. The Kier molecular flexibility index (Phi) is 9.83. The molecule has 6 atom stereocenters. The van der Waals surface area contributed by atoms with E-state index in [1.807, 2.05) is 45.0 Å². The minimum atomic E-state index is -1.12. The molecule has 3 fully saturated rings. The van der Waals surface area contributed by atoms with Crippen LogP contribution >= 0.6 is 0 Å². The van der Waals surface area contributed by atoms with Crippen molar-refractivity contribution in [1.29, 1.82) is 0 Å². The van der Waals surface area contributed by atoms with Gasteiger partial charge in [-0.15, -0.1) is 13.2 Å². The van der Waals surface area contributed by atoms with Gasteiger partial charge in [0.2, 0.25) is 17.7 Å². The van der Waals surface area contributed by atoms with Gasteiger partial charge in [0, 0.05) is 38.0 Å². The molecule has 3 unspecified atom stereocenters. The van der Waals surface area contributed by atoms with Crippen molar-refractivity contribution in [3.8, 4) is 5.75 Å². The molecule has 3 amide bonds. The van der Waals surface area contributed by atoms with Gasteiger partial charge >= 0.3 is 0 Å². The van der Waals surface area contributed by atoms with Gasteiger partial charge in [-0.2, -0.15) is 0 Å². The normalized spacial score (nSPS) is 28.4. The van der Waals surface area contributed by atoms with Crippen LogP contribution in [-0.2, 0) is 19.1 Å². The molecule has 3 aliphatic heterocycles. The molecule has 9 nitrogen and oxygen atoms in total. The number of carbonyl (C=O) groups excluding carboxylic acids is 3. The molecule has 1 spiro atoms. The predicted octanol–water partition coefficient (Wildman–Crippen LogP) is 3.95. The first-order chi connectivity index (χ1) is 20.1. The lowest BCUT2D eigenvalue weighted by Crippen LogP contribution is -2.58. The lowest BCUT2D eigenvalue weighted by molar-refractivity contribution is -0.152. The molecule has 42 heavy (non-hydrogen) atoms. The monoisotopic (exact) mass is 581 g/mol. The zero-order valence-corrected chi connectivity index (χ0v) is 25.6. The van der Waals surface area contributed by atoms with E-state index in [9.17, 15) is 19.5 Å². The number of fused-ring (bicyclic) bond motifs is 1. The number of anilines is 1. The summed E-state index contributed by atoms with van der Waals surface area (Å²) in [5.74, 6) is -1.54. The number of amides is 3. The molecule has 230 valence electrons. The van der Waals surface area contributed by atoms with Crippen molar-refractivity contribution in [3.63, 3.8) is 0 Å². The molecule has 4 rings (SSSR count). The smallest absolute Gasteiger partial charge is 0.248 e. The Morgan fingerprint density at radius 3 is 2.45 bits per heavy atom. The molecule has 2 bridgehead atoms. The summed E-state index contributed by atoms with van der Waals surface area (Å²) in [5, 5.41) is 9.66. The quantitative estimate of drug-likeness (QED) is 0.315. The van der Waals surface area contributed by atoms with Crippen molar-refractivity contribution in [2.75, 3.05) is 37.7 Å². The summed E-state index contributed by atoms with van der Waals surface area (Å²) in [6.45, 7) is 16.9. The second-order valence-electron chi connectivity index (χ2n) is 11.9. The number of carbonyl (C=O) groups is 3. The highest BCUT2D eigenvalue weighted by Gasteiger charge is 2.78. The fourth-order valence-electron chi connectivity index (χ4n) is 7.43. The first kappa shape index (κ1) is 31.8. The maximum Gasteiger partial charge on any atom is 0.248 e. The van der Waals surface area contributed by atoms with Crippen LogP contribution in [0.2, 0.25) is 0 Å². The highest BCUT2D eigenvalue weighted by atomic mass is 16.5. The largest absolute Gasteiger partial charge is 0.494 e. The third-order valence-corrected chi connectivity index (χ3v) is 9.22. The Hall–Kier alpha value is -3.17. The first-order valence-corrected chi connectivity index (χ1v) is 15.3. The van der Waals surface area contributed by atoms with Gasteiger partial charge in [-0.1, -0.05) is 25.5 Å².